The summed E-state index contributed by atoms with van der Waals surface area (Å²) in [5.74, 6) is -0.583. The van der Waals surface area contributed by atoms with E-state index in [-0.39, 0.29) is 23.0 Å². The molecule has 3 aromatic rings. The van der Waals surface area contributed by atoms with Crippen LogP contribution in [0.25, 0.3) is 0 Å². The molecule has 6 heteroatoms. The summed E-state index contributed by atoms with van der Waals surface area (Å²) in [5.41, 5.74) is 2.03. The monoisotopic (exact) mass is 450 g/mol. The molecule has 166 valence electrons. The molecular weight excluding hydrogens is 423 g/mol. The van der Waals surface area contributed by atoms with Gasteiger partial charge in [0.05, 0.1) is 0 Å². The summed E-state index contributed by atoms with van der Waals surface area (Å²) in [6, 6.07) is 22.6. The lowest BCUT2D eigenvalue weighted by Crippen LogP contribution is -2.19. The fourth-order valence-corrected chi connectivity index (χ4v) is 4.11. The molecule has 0 saturated carbocycles. The van der Waals surface area contributed by atoms with Crippen LogP contribution in [0.1, 0.15) is 38.0 Å². The maximum atomic E-state index is 13.2. The van der Waals surface area contributed by atoms with Gasteiger partial charge >= 0.3 is 0 Å². The molecule has 0 aliphatic heterocycles. The minimum absolute atomic E-state index is 0.0289. The predicted molar refractivity (Wildman–Crippen MR) is 129 cm³/mol. The summed E-state index contributed by atoms with van der Waals surface area (Å²) in [6.07, 6.45) is 0.434. The molecule has 0 spiro atoms. The maximum Gasteiger partial charge on any atom is 0.242 e. The molecule has 0 heterocycles. The van der Waals surface area contributed by atoms with E-state index in [0.29, 0.717) is 12.1 Å². The molecule has 1 unspecified atom stereocenters. The van der Waals surface area contributed by atoms with Crippen molar-refractivity contribution >= 4 is 35.0 Å². The Labute approximate surface area is 192 Å². The number of carbonyl (C=O) groups excluding carboxylic acids is 2. The Morgan fingerprint density at radius 3 is 2.00 bits per heavy atom. The highest BCUT2D eigenvalue weighted by Crippen LogP contribution is 2.36. The lowest BCUT2D eigenvalue weighted by Gasteiger charge is -2.18. The molecular formula is C26H27FN2O2S. The highest BCUT2D eigenvalue weighted by Gasteiger charge is 2.22. The standard InChI is InChI=1S/C26H27FN2O2S/c1-26(2,3)17-23(30)28-20-13-15-22(16-14-20)32-24(18-7-5-4-6-8-18)25(31)29-21-11-9-19(27)10-12-21/h4-16,24H,17H2,1-3H3,(H,28,30)(H,29,31). The van der Waals surface area contributed by atoms with Crippen LogP contribution >= 0.6 is 11.8 Å². The fourth-order valence-electron chi connectivity index (χ4n) is 3.08. The summed E-state index contributed by atoms with van der Waals surface area (Å²) < 4.78 is 13.2. The zero-order valence-electron chi connectivity index (χ0n) is 18.4. The first-order valence-electron chi connectivity index (χ1n) is 10.4. The highest BCUT2D eigenvalue weighted by atomic mass is 32.2. The predicted octanol–water partition coefficient (Wildman–Crippen LogP) is 6.67. The molecule has 4 nitrogen and oxygen atoms in total. The van der Waals surface area contributed by atoms with E-state index in [1.807, 2.05) is 75.4 Å². The van der Waals surface area contributed by atoms with Crippen molar-refractivity contribution in [3.8, 4) is 0 Å². The number of nitrogens with one attached hydrogen (secondary N) is 2. The quantitative estimate of drug-likeness (QED) is 0.395. The van der Waals surface area contributed by atoms with Crippen LogP contribution in [-0.4, -0.2) is 11.8 Å². The van der Waals surface area contributed by atoms with Crippen LogP contribution in [0.3, 0.4) is 0 Å². The molecule has 0 fully saturated rings. The topological polar surface area (TPSA) is 58.2 Å². The zero-order chi connectivity index (χ0) is 23.1. The Morgan fingerprint density at radius 1 is 0.844 bits per heavy atom. The molecule has 0 aliphatic rings. The summed E-state index contributed by atoms with van der Waals surface area (Å²) >= 11 is 1.41. The summed E-state index contributed by atoms with van der Waals surface area (Å²) in [5, 5.41) is 5.28. The number of benzene rings is 3. The van der Waals surface area contributed by atoms with Gasteiger partial charge in [0, 0.05) is 22.7 Å². The van der Waals surface area contributed by atoms with Gasteiger partial charge in [0.1, 0.15) is 11.1 Å². The molecule has 0 aliphatic carbocycles. The average molecular weight is 451 g/mol. The van der Waals surface area contributed by atoms with Crippen molar-refractivity contribution in [1.82, 2.24) is 0 Å². The van der Waals surface area contributed by atoms with Crippen molar-refractivity contribution in [2.24, 2.45) is 5.41 Å². The number of rotatable bonds is 7. The first-order chi connectivity index (χ1) is 15.2. The van der Waals surface area contributed by atoms with E-state index in [9.17, 15) is 14.0 Å². The largest absolute Gasteiger partial charge is 0.326 e. The summed E-state index contributed by atoms with van der Waals surface area (Å²) in [4.78, 5) is 26.1. The second kappa shape index (κ2) is 10.5. The first-order valence-corrected chi connectivity index (χ1v) is 11.3. The Kier molecular flexibility index (Phi) is 7.70. The number of thioether (sulfide) groups is 1. The van der Waals surface area contributed by atoms with Crippen molar-refractivity contribution in [2.75, 3.05) is 10.6 Å². The fraction of sp³-hybridized carbons (Fsp3) is 0.231. The van der Waals surface area contributed by atoms with Crippen LogP contribution in [0.4, 0.5) is 15.8 Å². The van der Waals surface area contributed by atoms with Crippen LogP contribution in [-0.2, 0) is 9.59 Å². The minimum Gasteiger partial charge on any atom is -0.326 e. The Balaban J connectivity index is 1.73. The number of hydrogen-bond acceptors (Lipinski definition) is 3. The minimum atomic E-state index is -0.498. The molecule has 3 aromatic carbocycles. The van der Waals surface area contributed by atoms with Crippen LogP contribution in [0.5, 0.6) is 0 Å². The van der Waals surface area contributed by atoms with Crippen LogP contribution in [0, 0.1) is 11.2 Å². The van der Waals surface area contributed by atoms with Gasteiger partial charge in [-0.15, -0.1) is 11.8 Å². The van der Waals surface area contributed by atoms with Gasteiger partial charge in [-0.25, -0.2) is 4.39 Å². The van der Waals surface area contributed by atoms with Gasteiger partial charge in [-0.2, -0.15) is 0 Å². The second-order valence-electron chi connectivity index (χ2n) is 8.71. The molecule has 0 aromatic heterocycles. The third-order valence-corrected chi connectivity index (χ3v) is 5.80. The third-order valence-electron chi connectivity index (χ3n) is 4.54. The SMILES string of the molecule is CC(C)(C)CC(=O)Nc1ccc(SC(C(=O)Nc2ccc(F)cc2)c2ccccc2)cc1. The maximum absolute atomic E-state index is 13.2. The summed E-state index contributed by atoms with van der Waals surface area (Å²) in [7, 11) is 0. The highest BCUT2D eigenvalue weighted by molar-refractivity contribution is 8.00. The van der Waals surface area contributed by atoms with Crippen molar-refractivity contribution < 1.29 is 14.0 Å². The molecule has 32 heavy (non-hydrogen) atoms. The smallest absolute Gasteiger partial charge is 0.242 e. The lowest BCUT2D eigenvalue weighted by molar-refractivity contribution is -0.118. The van der Waals surface area contributed by atoms with Gasteiger partial charge < -0.3 is 10.6 Å². The first kappa shape index (κ1) is 23.5. The van der Waals surface area contributed by atoms with E-state index in [2.05, 4.69) is 10.6 Å². The Hall–Kier alpha value is -3.12. The third kappa shape index (κ3) is 7.24. The zero-order valence-corrected chi connectivity index (χ0v) is 19.2. The van der Waals surface area contributed by atoms with E-state index in [4.69, 9.17) is 0 Å². The van der Waals surface area contributed by atoms with Gasteiger partial charge in [0.15, 0.2) is 0 Å². The van der Waals surface area contributed by atoms with Gasteiger partial charge in [-0.1, -0.05) is 51.1 Å². The number of anilines is 2. The molecule has 2 N–H and O–H groups in total. The molecule has 0 saturated heterocycles. The molecule has 0 radical (unpaired) electrons. The van der Waals surface area contributed by atoms with E-state index in [1.54, 1.807) is 0 Å². The molecule has 0 bridgehead atoms. The van der Waals surface area contributed by atoms with Crippen LogP contribution in [0.15, 0.2) is 83.8 Å². The Morgan fingerprint density at radius 2 is 1.41 bits per heavy atom. The van der Waals surface area contributed by atoms with Crippen molar-refractivity contribution in [3.05, 3.63) is 90.2 Å². The van der Waals surface area contributed by atoms with E-state index in [0.717, 1.165) is 16.1 Å². The van der Waals surface area contributed by atoms with Gasteiger partial charge in [-0.05, 0) is 59.5 Å². The number of halogens is 1. The number of hydrogen-bond donors (Lipinski definition) is 2. The van der Waals surface area contributed by atoms with Gasteiger partial charge in [0.2, 0.25) is 11.8 Å². The van der Waals surface area contributed by atoms with Crippen molar-refractivity contribution in [3.63, 3.8) is 0 Å². The van der Waals surface area contributed by atoms with Crippen molar-refractivity contribution in [1.29, 1.82) is 0 Å². The molecule has 2 amide bonds. The van der Waals surface area contributed by atoms with E-state index < -0.39 is 5.25 Å². The molecule has 1 atom stereocenters. The van der Waals surface area contributed by atoms with Crippen molar-refractivity contribution in [2.45, 2.75) is 37.3 Å². The molecule has 3 rings (SSSR count). The summed E-state index contributed by atoms with van der Waals surface area (Å²) in [6.45, 7) is 6.06. The Bertz CT molecular complexity index is 1050. The van der Waals surface area contributed by atoms with Gasteiger partial charge in [-0.3, -0.25) is 9.59 Å². The van der Waals surface area contributed by atoms with E-state index >= 15 is 0 Å². The second-order valence-corrected chi connectivity index (χ2v) is 9.89. The normalized spacial score (nSPS) is 12.1. The number of carbonyl (C=O) groups is 2. The lowest BCUT2D eigenvalue weighted by atomic mass is 9.92. The average Bonchev–Trinajstić information content (AvgIpc) is 2.74. The van der Waals surface area contributed by atoms with Crippen LogP contribution in [0.2, 0.25) is 0 Å². The van der Waals surface area contributed by atoms with Gasteiger partial charge in [0.25, 0.3) is 0 Å². The van der Waals surface area contributed by atoms with Crippen LogP contribution < -0.4 is 10.6 Å². The van der Waals surface area contributed by atoms with E-state index in [1.165, 1.54) is 36.0 Å². The number of amides is 2.